The van der Waals surface area contributed by atoms with E-state index in [1.807, 2.05) is 0 Å². The highest BCUT2D eigenvalue weighted by Gasteiger charge is 2.39. The second-order valence-electron chi connectivity index (χ2n) is 3.30. The molecular formula is C8H8F3N3O. The second-order valence-corrected chi connectivity index (χ2v) is 3.30. The average molecular weight is 219 g/mol. The molecule has 15 heavy (non-hydrogen) atoms. The Kier molecular flexibility index (Phi) is 2.17. The zero-order chi connectivity index (χ0) is 11.1. The lowest BCUT2D eigenvalue weighted by molar-refractivity contribution is -0.138. The zero-order valence-electron chi connectivity index (χ0n) is 7.64. The maximum Gasteiger partial charge on any atom is 0.423 e. The first-order valence-electron chi connectivity index (χ1n) is 4.40. The monoisotopic (exact) mass is 219 g/mol. The third kappa shape index (κ3) is 1.69. The highest BCUT2D eigenvalue weighted by molar-refractivity contribution is 5.53. The van der Waals surface area contributed by atoms with Crippen molar-refractivity contribution in [1.82, 2.24) is 10.2 Å². The van der Waals surface area contributed by atoms with Gasteiger partial charge in [-0.2, -0.15) is 18.3 Å². The molecule has 1 aromatic rings. The Balaban J connectivity index is 2.53. The summed E-state index contributed by atoms with van der Waals surface area (Å²) in [5.41, 5.74) is -2.47. The number of hydrogen-bond acceptors (Lipinski definition) is 3. The summed E-state index contributed by atoms with van der Waals surface area (Å²) >= 11 is 0. The maximum absolute atomic E-state index is 12.6. The van der Waals surface area contributed by atoms with Crippen molar-refractivity contribution in [2.75, 3.05) is 18.0 Å². The molecule has 2 heterocycles. The average Bonchev–Trinajstić information content (AvgIpc) is 1.97. The van der Waals surface area contributed by atoms with Crippen molar-refractivity contribution in [3.8, 4) is 0 Å². The van der Waals surface area contributed by atoms with Crippen LogP contribution in [0.5, 0.6) is 0 Å². The minimum absolute atomic E-state index is 0.127. The van der Waals surface area contributed by atoms with Gasteiger partial charge in [-0.1, -0.05) is 0 Å². The molecule has 0 radical (unpaired) electrons. The van der Waals surface area contributed by atoms with Gasteiger partial charge in [0.1, 0.15) is 5.56 Å². The highest BCUT2D eigenvalue weighted by Crippen LogP contribution is 2.34. The molecule has 1 fully saturated rings. The number of aromatic nitrogens is 2. The first-order chi connectivity index (χ1) is 7.00. The third-order valence-electron chi connectivity index (χ3n) is 2.32. The van der Waals surface area contributed by atoms with Crippen molar-refractivity contribution in [1.29, 1.82) is 0 Å². The summed E-state index contributed by atoms with van der Waals surface area (Å²) < 4.78 is 37.7. The Bertz CT molecular complexity index is 422. The fourth-order valence-corrected chi connectivity index (χ4v) is 1.46. The molecule has 1 aliphatic rings. The molecule has 0 saturated carbocycles. The van der Waals surface area contributed by atoms with Crippen LogP contribution in [0.1, 0.15) is 12.0 Å². The van der Waals surface area contributed by atoms with Gasteiger partial charge >= 0.3 is 6.18 Å². The Hall–Kier alpha value is -1.53. The SMILES string of the molecule is O=c1[nH]ncc(N2CCC2)c1C(F)(F)F. The largest absolute Gasteiger partial charge is 0.423 e. The molecule has 1 aliphatic heterocycles. The molecule has 1 aromatic heterocycles. The highest BCUT2D eigenvalue weighted by atomic mass is 19.4. The molecule has 2 rings (SSSR count). The summed E-state index contributed by atoms with van der Waals surface area (Å²) in [7, 11) is 0. The lowest BCUT2D eigenvalue weighted by Crippen LogP contribution is -2.40. The number of rotatable bonds is 1. The van der Waals surface area contributed by atoms with Gasteiger partial charge in [0.2, 0.25) is 0 Å². The van der Waals surface area contributed by atoms with Crippen LogP contribution in [0.4, 0.5) is 18.9 Å². The topological polar surface area (TPSA) is 49.0 Å². The van der Waals surface area contributed by atoms with Gasteiger partial charge in [0.15, 0.2) is 0 Å². The molecule has 7 heteroatoms. The normalized spacial score (nSPS) is 16.3. The molecule has 0 aliphatic carbocycles. The van der Waals surface area contributed by atoms with E-state index in [0.29, 0.717) is 13.1 Å². The summed E-state index contributed by atoms with van der Waals surface area (Å²) in [4.78, 5) is 12.6. The van der Waals surface area contributed by atoms with Crippen LogP contribution in [0.25, 0.3) is 0 Å². The lowest BCUT2D eigenvalue weighted by Gasteiger charge is -2.34. The number of nitrogens with one attached hydrogen (secondary N) is 1. The van der Waals surface area contributed by atoms with Crippen LogP contribution >= 0.6 is 0 Å². The summed E-state index contributed by atoms with van der Waals surface area (Å²) in [5, 5.41) is 5.18. The van der Waals surface area contributed by atoms with Crippen LogP contribution < -0.4 is 10.5 Å². The van der Waals surface area contributed by atoms with Gasteiger partial charge in [-0.05, 0) is 6.42 Å². The number of aromatic amines is 1. The molecule has 0 aromatic carbocycles. The van der Waals surface area contributed by atoms with Gasteiger partial charge in [0.05, 0.1) is 11.9 Å². The molecule has 1 saturated heterocycles. The van der Waals surface area contributed by atoms with Gasteiger partial charge in [0, 0.05) is 13.1 Å². The molecule has 0 amide bonds. The molecule has 0 bridgehead atoms. The number of halogens is 3. The lowest BCUT2D eigenvalue weighted by atomic mass is 10.1. The molecule has 1 N–H and O–H groups in total. The molecule has 0 atom stereocenters. The van der Waals surface area contributed by atoms with E-state index < -0.39 is 17.3 Å². The number of alkyl halides is 3. The van der Waals surface area contributed by atoms with E-state index >= 15 is 0 Å². The Morgan fingerprint density at radius 2 is 2.07 bits per heavy atom. The Labute approximate surface area is 82.7 Å². The summed E-state index contributed by atoms with van der Waals surface area (Å²) in [6.45, 7) is 1.07. The summed E-state index contributed by atoms with van der Waals surface area (Å²) in [6, 6.07) is 0. The maximum atomic E-state index is 12.6. The van der Waals surface area contributed by atoms with Crippen LogP contribution in [0.15, 0.2) is 11.0 Å². The van der Waals surface area contributed by atoms with Crippen LogP contribution in [0.3, 0.4) is 0 Å². The van der Waals surface area contributed by atoms with E-state index in [9.17, 15) is 18.0 Å². The van der Waals surface area contributed by atoms with E-state index in [-0.39, 0.29) is 5.69 Å². The third-order valence-corrected chi connectivity index (χ3v) is 2.32. The van der Waals surface area contributed by atoms with Crippen molar-refractivity contribution in [2.24, 2.45) is 0 Å². The fraction of sp³-hybridized carbons (Fsp3) is 0.500. The molecule has 0 unspecified atom stereocenters. The smallest absolute Gasteiger partial charge is 0.369 e. The minimum atomic E-state index is -4.64. The minimum Gasteiger partial charge on any atom is -0.369 e. The van der Waals surface area contributed by atoms with Gasteiger partial charge in [0.25, 0.3) is 5.56 Å². The number of H-pyrrole nitrogens is 1. The Morgan fingerprint density at radius 3 is 2.53 bits per heavy atom. The van der Waals surface area contributed by atoms with E-state index in [1.165, 1.54) is 4.90 Å². The number of anilines is 1. The first kappa shape index (κ1) is 10.0. The first-order valence-corrected chi connectivity index (χ1v) is 4.40. The van der Waals surface area contributed by atoms with Crippen molar-refractivity contribution >= 4 is 5.69 Å². The van der Waals surface area contributed by atoms with Crippen molar-refractivity contribution in [3.63, 3.8) is 0 Å². The molecule has 0 spiro atoms. The van der Waals surface area contributed by atoms with Crippen molar-refractivity contribution in [2.45, 2.75) is 12.6 Å². The van der Waals surface area contributed by atoms with Gasteiger partial charge in [-0.3, -0.25) is 4.79 Å². The van der Waals surface area contributed by atoms with E-state index in [2.05, 4.69) is 5.10 Å². The number of hydrogen-bond donors (Lipinski definition) is 1. The Morgan fingerprint density at radius 1 is 1.40 bits per heavy atom. The molecular weight excluding hydrogens is 211 g/mol. The fourth-order valence-electron chi connectivity index (χ4n) is 1.46. The number of nitrogens with zero attached hydrogens (tertiary/aromatic N) is 2. The standard InChI is InChI=1S/C8H8F3N3O/c9-8(10,11)6-5(14-2-1-3-14)4-12-13-7(6)15/h4H,1-3H2,(H,13,15). The van der Waals surface area contributed by atoms with Gasteiger partial charge < -0.3 is 4.90 Å². The van der Waals surface area contributed by atoms with Gasteiger partial charge in [-0.15, -0.1) is 0 Å². The van der Waals surface area contributed by atoms with Crippen LogP contribution in [-0.2, 0) is 6.18 Å². The van der Waals surface area contributed by atoms with Crippen molar-refractivity contribution < 1.29 is 13.2 Å². The molecule has 82 valence electrons. The predicted octanol–water partition coefficient (Wildman–Crippen LogP) is 0.999. The van der Waals surface area contributed by atoms with Gasteiger partial charge in [-0.25, -0.2) is 5.10 Å². The van der Waals surface area contributed by atoms with Crippen LogP contribution in [0, 0.1) is 0 Å². The summed E-state index contributed by atoms with van der Waals surface area (Å²) in [5.74, 6) is 0. The second kappa shape index (κ2) is 3.25. The van der Waals surface area contributed by atoms with E-state index in [4.69, 9.17) is 0 Å². The predicted molar refractivity (Wildman–Crippen MR) is 46.7 cm³/mol. The zero-order valence-corrected chi connectivity index (χ0v) is 7.64. The quantitative estimate of drug-likeness (QED) is 0.766. The van der Waals surface area contributed by atoms with E-state index in [0.717, 1.165) is 12.6 Å². The van der Waals surface area contributed by atoms with Crippen LogP contribution in [-0.4, -0.2) is 23.3 Å². The summed E-state index contributed by atoms with van der Waals surface area (Å²) in [6.07, 6.45) is -2.76. The van der Waals surface area contributed by atoms with Crippen molar-refractivity contribution in [3.05, 3.63) is 22.1 Å². The van der Waals surface area contributed by atoms with E-state index in [1.54, 1.807) is 5.10 Å². The molecule has 4 nitrogen and oxygen atoms in total. The van der Waals surface area contributed by atoms with Crippen LogP contribution in [0.2, 0.25) is 0 Å².